The second-order valence-electron chi connectivity index (χ2n) is 4.11. The van der Waals surface area contributed by atoms with E-state index in [1.165, 1.54) is 7.11 Å². The maximum atomic E-state index is 11.4. The van der Waals surface area contributed by atoms with Gasteiger partial charge in [0.05, 0.1) is 26.4 Å². The Balaban J connectivity index is 0.00000128. The van der Waals surface area contributed by atoms with Gasteiger partial charge in [-0.05, 0) is 30.8 Å². The number of fused-ring (bicyclic) bond motifs is 1. The minimum absolute atomic E-state index is 0. The average molecular weight is 439 g/mol. The van der Waals surface area contributed by atoms with E-state index in [1.807, 2.05) is 6.08 Å². The smallest absolute Gasteiger partial charge is 0.333 e. The number of esters is 1. The Hall–Kier alpha value is 0.572. The number of aliphatic hydroxyl groups is 1. The minimum Gasteiger partial charge on any atom is -0.466 e. The Bertz CT molecular complexity index is 290. The molecular formula is C11H16AcO4. The second-order valence-corrected chi connectivity index (χ2v) is 4.11. The number of methoxy groups -OCH3 is 1. The fourth-order valence-electron chi connectivity index (χ4n) is 2.22. The first kappa shape index (κ1) is 14.6. The largest absolute Gasteiger partial charge is 0.466 e. The molecular weight excluding hydrogens is 423 g/mol. The number of carbonyl (C=O) groups is 1. The fraction of sp³-hybridized carbons (Fsp3) is 0.727. The van der Waals surface area contributed by atoms with Crippen molar-refractivity contribution in [3.63, 3.8) is 0 Å². The number of rotatable bonds is 4. The van der Waals surface area contributed by atoms with E-state index < -0.39 is 0 Å². The molecule has 1 radical (unpaired) electrons. The summed E-state index contributed by atoms with van der Waals surface area (Å²) in [5.74, 6) is 0.871. The van der Waals surface area contributed by atoms with E-state index in [0.717, 1.165) is 18.4 Å². The summed E-state index contributed by atoms with van der Waals surface area (Å²) in [4.78, 5) is 11.4. The molecule has 0 aromatic heterocycles. The molecule has 1 fully saturated rings. The van der Waals surface area contributed by atoms with Gasteiger partial charge in [0.1, 0.15) is 0 Å². The van der Waals surface area contributed by atoms with Crippen molar-refractivity contribution >= 4 is 5.97 Å². The molecule has 0 bridgehead atoms. The molecule has 0 spiro atoms. The molecule has 0 saturated heterocycles. The molecule has 2 aliphatic rings. The van der Waals surface area contributed by atoms with Crippen LogP contribution < -0.4 is 0 Å². The van der Waals surface area contributed by atoms with Crippen LogP contribution in [0, 0.1) is 55.9 Å². The summed E-state index contributed by atoms with van der Waals surface area (Å²) in [5, 5.41) is 8.68. The molecule has 1 unspecified atom stereocenters. The van der Waals surface area contributed by atoms with Crippen LogP contribution in [0.1, 0.15) is 12.8 Å². The summed E-state index contributed by atoms with van der Waals surface area (Å²) >= 11 is 0. The van der Waals surface area contributed by atoms with E-state index in [9.17, 15) is 4.79 Å². The van der Waals surface area contributed by atoms with Gasteiger partial charge >= 0.3 is 5.97 Å². The summed E-state index contributed by atoms with van der Waals surface area (Å²) in [6.45, 7) is 0.355. The van der Waals surface area contributed by atoms with Crippen molar-refractivity contribution in [1.29, 1.82) is 0 Å². The van der Waals surface area contributed by atoms with Gasteiger partial charge in [-0.25, -0.2) is 4.79 Å². The topological polar surface area (TPSA) is 55.8 Å². The standard InChI is InChI=1S/C11H16O4.Ac/c1-14-11(13)8-4-7-5-9(7)10(6-8)15-3-2-12;/h6-7,9-10,12H,2-5H2,1H3;/t7-,9+,10?;/m0./s1. The maximum Gasteiger partial charge on any atom is 0.333 e. The fourth-order valence-corrected chi connectivity index (χ4v) is 2.22. The first-order valence-corrected chi connectivity index (χ1v) is 5.27. The van der Waals surface area contributed by atoms with Crippen molar-refractivity contribution in [2.75, 3.05) is 20.3 Å². The normalized spacial score (nSPS) is 30.9. The number of hydrogen-bond acceptors (Lipinski definition) is 4. The van der Waals surface area contributed by atoms with Crippen LogP contribution in [0.5, 0.6) is 0 Å². The van der Waals surface area contributed by atoms with Gasteiger partial charge in [-0.3, -0.25) is 0 Å². The Morgan fingerprint density at radius 1 is 1.62 bits per heavy atom. The Morgan fingerprint density at radius 3 is 3.00 bits per heavy atom. The molecule has 0 amide bonds. The third kappa shape index (κ3) is 3.29. The average Bonchev–Trinajstić information content (AvgIpc) is 3.03. The summed E-state index contributed by atoms with van der Waals surface area (Å²) in [7, 11) is 1.39. The van der Waals surface area contributed by atoms with Crippen molar-refractivity contribution in [3.05, 3.63) is 11.6 Å². The van der Waals surface area contributed by atoms with Crippen LogP contribution >= 0.6 is 0 Å². The van der Waals surface area contributed by atoms with E-state index in [-0.39, 0.29) is 62.7 Å². The Morgan fingerprint density at radius 2 is 2.38 bits per heavy atom. The molecule has 0 aliphatic heterocycles. The minimum atomic E-state index is -0.252. The van der Waals surface area contributed by atoms with Crippen molar-refractivity contribution < 1.29 is 63.4 Å². The molecule has 0 heterocycles. The predicted octanol–water partition coefficient (Wildman–Crippen LogP) is 0.503. The van der Waals surface area contributed by atoms with Crippen LogP contribution in [0.2, 0.25) is 0 Å². The third-order valence-electron chi connectivity index (χ3n) is 3.10. The monoisotopic (exact) mass is 439 g/mol. The van der Waals surface area contributed by atoms with Crippen LogP contribution in [-0.4, -0.2) is 37.5 Å². The van der Waals surface area contributed by atoms with Gasteiger partial charge in [0.2, 0.25) is 0 Å². The van der Waals surface area contributed by atoms with Gasteiger partial charge in [0.15, 0.2) is 0 Å². The van der Waals surface area contributed by atoms with Gasteiger partial charge < -0.3 is 14.6 Å². The molecule has 4 nitrogen and oxygen atoms in total. The van der Waals surface area contributed by atoms with E-state index in [0.29, 0.717) is 18.4 Å². The molecule has 16 heavy (non-hydrogen) atoms. The maximum absolute atomic E-state index is 11.4. The summed E-state index contributed by atoms with van der Waals surface area (Å²) in [5.41, 5.74) is 0.721. The molecule has 1 N–H and O–H groups in total. The van der Waals surface area contributed by atoms with Crippen molar-refractivity contribution in [2.45, 2.75) is 18.9 Å². The molecule has 1 saturated carbocycles. The van der Waals surface area contributed by atoms with Gasteiger partial charge in [-0.1, -0.05) is 0 Å². The van der Waals surface area contributed by atoms with Gasteiger partial charge in [0, 0.05) is 49.6 Å². The quantitative estimate of drug-likeness (QED) is 0.649. The van der Waals surface area contributed by atoms with Crippen LogP contribution in [0.3, 0.4) is 0 Å². The molecule has 2 aliphatic carbocycles. The SMILES string of the molecule is COC(=O)C1=CC(OCCO)[C@@H]2C[C@@H]2C1.[Ac]. The zero-order valence-corrected chi connectivity index (χ0v) is 14.1. The van der Waals surface area contributed by atoms with E-state index in [2.05, 4.69) is 0 Å². The molecule has 5 heteroatoms. The van der Waals surface area contributed by atoms with Crippen molar-refractivity contribution in [2.24, 2.45) is 11.8 Å². The van der Waals surface area contributed by atoms with Crippen molar-refractivity contribution in [1.82, 2.24) is 0 Å². The van der Waals surface area contributed by atoms with Crippen LogP contribution in [0.25, 0.3) is 0 Å². The summed E-state index contributed by atoms with van der Waals surface area (Å²) in [6.07, 6.45) is 3.78. The first-order valence-electron chi connectivity index (χ1n) is 5.27. The third-order valence-corrected chi connectivity index (χ3v) is 3.10. The summed E-state index contributed by atoms with van der Waals surface area (Å²) < 4.78 is 10.2. The molecule has 3 atom stereocenters. The second kappa shape index (κ2) is 6.49. The van der Waals surface area contributed by atoms with E-state index >= 15 is 0 Å². The van der Waals surface area contributed by atoms with Crippen LogP contribution in [0.4, 0.5) is 0 Å². The molecule has 2 rings (SSSR count). The summed E-state index contributed by atoms with van der Waals surface area (Å²) in [6, 6.07) is 0. The number of hydrogen-bond donors (Lipinski definition) is 1. The van der Waals surface area contributed by atoms with Gasteiger partial charge in [-0.2, -0.15) is 0 Å². The zero-order valence-electron chi connectivity index (χ0n) is 9.39. The van der Waals surface area contributed by atoms with E-state index in [4.69, 9.17) is 14.6 Å². The zero-order chi connectivity index (χ0) is 10.8. The Kier molecular flexibility index (Phi) is 5.93. The van der Waals surface area contributed by atoms with Crippen LogP contribution in [-0.2, 0) is 14.3 Å². The van der Waals surface area contributed by atoms with E-state index in [1.54, 1.807) is 0 Å². The number of carbonyl (C=O) groups excluding carboxylic acids is 1. The molecule has 0 aromatic carbocycles. The number of aliphatic hydroxyl groups excluding tert-OH is 1. The van der Waals surface area contributed by atoms with Crippen molar-refractivity contribution in [3.8, 4) is 0 Å². The predicted molar refractivity (Wildman–Crippen MR) is 53.1 cm³/mol. The Labute approximate surface area is 131 Å². The molecule has 0 aromatic rings. The number of ether oxygens (including phenoxy) is 2. The van der Waals surface area contributed by atoms with Crippen LogP contribution in [0.15, 0.2) is 11.6 Å². The molecule has 87 valence electrons. The first-order chi connectivity index (χ1) is 7.26. The van der Waals surface area contributed by atoms with Gasteiger partial charge in [-0.15, -0.1) is 0 Å². The van der Waals surface area contributed by atoms with Gasteiger partial charge in [0.25, 0.3) is 0 Å².